The lowest BCUT2D eigenvalue weighted by Gasteiger charge is -2.29. The molecule has 1 atom stereocenters. The fourth-order valence-corrected chi connectivity index (χ4v) is 3.63. The highest BCUT2D eigenvalue weighted by Gasteiger charge is 2.27. The van der Waals surface area contributed by atoms with Crippen molar-refractivity contribution in [2.45, 2.75) is 59.5 Å². The molecule has 2 aromatic carbocycles. The second kappa shape index (κ2) is 8.64. The number of rotatable bonds is 5. The fourth-order valence-electron chi connectivity index (χ4n) is 3.63. The van der Waals surface area contributed by atoms with E-state index < -0.39 is 0 Å². The lowest BCUT2D eigenvalue weighted by atomic mass is 9.89. The minimum absolute atomic E-state index is 0.0581. The molecule has 29 heavy (non-hydrogen) atoms. The molecule has 3 N–H and O–H groups in total. The maximum absolute atomic E-state index is 10.8. The molecule has 3 rings (SSSR count). The van der Waals surface area contributed by atoms with Crippen molar-refractivity contribution in [1.29, 1.82) is 0 Å². The molecule has 0 aliphatic carbocycles. The third-order valence-electron chi connectivity index (χ3n) is 5.28. The van der Waals surface area contributed by atoms with Crippen LogP contribution in [0.5, 0.6) is 23.0 Å². The smallest absolute Gasteiger partial charge is 0.161 e. The Balaban J connectivity index is 2.07. The van der Waals surface area contributed by atoms with Gasteiger partial charge in [0, 0.05) is 22.8 Å². The summed E-state index contributed by atoms with van der Waals surface area (Å²) in [4.78, 5) is 0. The summed E-state index contributed by atoms with van der Waals surface area (Å²) in [5.41, 5.74) is 5.63. The van der Waals surface area contributed by atoms with Crippen molar-refractivity contribution >= 4 is 0 Å². The van der Waals surface area contributed by atoms with E-state index in [-0.39, 0.29) is 23.4 Å². The molecule has 1 heterocycles. The number of phenols is 3. The van der Waals surface area contributed by atoms with Crippen LogP contribution in [0, 0.1) is 0 Å². The highest BCUT2D eigenvalue weighted by Crippen LogP contribution is 2.43. The standard InChI is InChI=1S/C25H30O4/c1-15(2)5-7-18-13-21(20(11-6-16(3)4)25(28)24(18)27)22-12-9-17-8-10-19(26)14-23(17)29-22/h5-6,8,10,13-14,22,26-28H,7,9,11-12H2,1-4H3. The lowest BCUT2D eigenvalue weighted by molar-refractivity contribution is 0.174. The molecular weight excluding hydrogens is 364 g/mol. The number of fused-ring (bicyclic) bond motifs is 1. The zero-order chi connectivity index (χ0) is 21.1. The molecular formula is C25H30O4. The molecule has 4 heteroatoms. The van der Waals surface area contributed by atoms with Gasteiger partial charge in [0.25, 0.3) is 0 Å². The van der Waals surface area contributed by atoms with E-state index in [0.29, 0.717) is 29.7 Å². The summed E-state index contributed by atoms with van der Waals surface area (Å²) in [5.74, 6) is 0.722. The van der Waals surface area contributed by atoms with Gasteiger partial charge in [0.2, 0.25) is 0 Å². The van der Waals surface area contributed by atoms with Crippen LogP contribution in [-0.4, -0.2) is 15.3 Å². The van der Waals surface area contributed by atoms with E-state index in [0.717, 1.165) is 35.1 Å². The first-order valence-corrected chi connectivity index (χ1v) is 10.1. The SMILES string of the molecule is CC(C)=CCc1cc(C2CCc3ccc(O)cc3O2)c(CC=C(C)C)c(O)c1O. The van der Waals surface area contributed by atoms with Crippen molar-refractivity contribution in [3.05, 3.63) is 69.8 Å². The molecule has 0 spiro atoms. The van der Waals surface area contributed by atoms with Gasteiger partial charge in [0.1, 0.15) is 17.6 Å². The van der Waals surface area contributed by atoms with Gasteiger partial charge in [-0.1, -0.05) is 29.4 Å². The van der Waals surface area contributed by atoms with E-state index in [9.17, 15) is 15.3 Å². The third kappa shape index (κ3) is 4.76. The predicted octanol–water partition coefficient (Wildman–Crippen LogP) is 5.89. The molecule has 4 nitrogen and oxygen atoms in total. The predicted molar refractivity (Wildman–Crippen MR) is 116 cm³/mol. The van der Waals surface area contributed by atoms with Crippen LogP contribution in [-0.2, 0) is 19.3 Å². The Kier molecular flexibility index (Phi) is 6.21. The minimum Gasteiger partial charge on any atom is -0.508 e. The Labute approximate surface area is 172 Å². The molecule has 0 aromatic heterocycles. The normalized spacial score (nSPS) is 15.2. The Hall–Kier alpha value is -2.88. The van der Waals surface area contributed by atoms with E-state index in [1.165, 1.54) is 0 Å². The summed E-state index contributed by atoms with van der Waals surface area (Å²) in [6.45, 7) is 8.04. The first kappa shape index (κ1) is 20.8. The van der Waals surface area contributed by atoms with Gasteiger partial charge in [-0.25, -0.2) is 0 Å². The average molecular weight is 395 g/mol. The van der Waals surface area contributed by atoms with Crippen molar-refractivity contribution in [3.8, 4) is 23.0 Å². The zero-order valence-corrected chi connectivity index (χ0v) is 17.6. The minimum atomic E-state index is -0.248. The van der Waals surface area contributed by atoms with Gasteiger partial charge in [-0.15, -0.1) is 0 Å². The topological polar surface area (TPSA) is 69.9 Å². The Morgan fingerprint density at radius 3 is 2.34 bits per heavy atom. The largest absolute Gasteiger partial charge is 0.508 e. The van der Waals surface area contributed by atoms with Crippen LogP contribution in [0.15, 0.2) is 47.6 Å². The van der Waals surface area contributed by atoms with E-state index >= 15 is 0 Å². The summed E-state index contributed by atoms with van der Waals surface area (Å²) in [6, 6.07) is 7.16. The second-order valence-corrected chi connectivity index (χ2v) is 8.21. The van der Waals surface area contributed by atoms with E-state index in [1.54, 1.807) is 12.1 Å². The van der Waals surface area contributed by atoms with Crippen LogP contribution < -0.4 is 4.74 Å². The fraction of sp³-hybridized carbons (Fsp3) is 0.360. The van der Waals surface area contributed by atoms with Crippen LogP contribution in [0.3, 0.4) is 0 Å². The van der Waals surface area contributed by atoms with Crippen LogP contribution in [0.1, 0.15) is 62.5 Å². The van der Waals surface area contributed by atoms with E-state index in [1.807, 2.05) is 52.0 Å². The molecule has 0 saturated heterocycles. The van der Waals surface area contributed by atoms with Gasteiger partial charge < -0.3 is 20.1 Å². The van der Waals surface area contributed by atoms with Gasteiger partial charge in [-0.2, -0.15) is 0 Å². The molecule has 0 amide bonds. The third-order valence-corrected chi connectivity index (χ3v) is 5.28. The van der Waals surface area contributed by atoms with Gasteiger partial charge in [0.05, 0.1) is 0 Å². The average Bonchev–Trinajstić information content (AvgIpc) is 2.67. The van der Waals surface area contributed by atoms with Crippen molar-refractivity contribution < 1.29 is 20.1 Å². The highest BCUT2D eigenvalue weighted by molar-refractivity contribution is 5.56. The first-order chi connectivity index (χ1) is 13.8. The number of ether oxygens (including phenoxy) is 1. The van der Waals surface area contributed by atoms with Crippen molar-refractivity contribution in [1.82, 2.24) is 0 Å². The van der Waals surface area contributed by atoms with Gasteiger partial charge in [-0.3, -0.25) is 0 Å². The van der Waals surface area contributed by atoms with Crippen molar-refractivity contribution in [2.24, 2.45) is 0 Å². The van der Waals surface area contributed by atoms with Gasteiger partial charge >= 0.3 is 0 Å². The Bertz CT molecular complexity index is 961. The number of hydrogen-bond donors (Lipinski definition) is 3. The molecule has 0 saturated carbocycles. The molecule has 1 aliphatic heterocycles. The summed E-state index contributed by atoms with van der Waals surface area (Å²) < 4.78 is 6.23. The Morgan fingerprint density at radius 2 is 1.66 bits per heavy atom. The quantitative estimate of drug-likeness (QED) is 0.437. The summed E-state index contributed by atoms with van der Waals surface area (Å²) >= 11 is 0. The zero-order valence-electron chi connectivity index (χ0n) is 17.6. The van der Waals surface area contributed by atoms with Crippen LogP contribution in [0.25, 0.3) is 0 Å². The number of aromatic hydroxyl groups is 3. The maximum atomic E-state index is 10.8. The number of benzene rings is 2. The molecule has 1 unspecified atom stereocenters. The monoisotopic (exact) mass is 394 g/mol. The summed E-state index contributed by atoms with van der Waals surface area (Å²) in [6.07, 6.45) is 6.48. The van der Waals surface area contributed by atoms with Gasteiger partial charge in [-0.05, 0) is 71.1 Å². The van der Waals surface area contributed by atoms with E-state index in [2.05, 4.69) is 0 Å². The van der Waals surface area contributed by atoms with Crippen LogP contribution in [0.2, 0.25) is 0 Å². The van der Waals surface area contributed by atoms with Crippen molar-refractivity contribution in [2.75, 3.05) is 0 Å². The molecule has 1 aliphatic rings. The highest BCUT2D eigenvalue weighted by atomic mass is 16.5. The molecule has 0 bridgehead atoms. The Morgan fingerprint density at radius 1 is 0.966 bits per heavy atom. The second-order valence-electron chi connectivity index (χ2n) is 8.21. The maximum Gasteiger partial charge on any atom is 0.161 e. The van der Waals surface area contributed by atoms with Gasteiger partial charge in [0.15, 0.2) is 11.5 Å². The lowest BCUT2D eigenvalue weighted by Crippen LogP contribution is -2.17. The number of hydrogen-bond acceptors (Lipinski definition) is 4. The summed E-state index contributed by atoms with van der Waals surface area (Å²) in [5, 5.41) is 31.2. The number of phenolic OH excluding ortho intramolecular Hbond substituents is 3. The van der Waals surface area contributed by atoms with Crippen LogP contribution in [0.4, 0.5) is 0 Å². The molecule has 0 radical (unpaired) electrons. The molecule has 154 valence electrons. The number of allylic oxidation sites excluding steroid dienone is 4. The van der Waals surface area contributed by atoms with E-state index in [4.69, 9.17) is 4.74 Å². The molecule has 2 aromatic rings. The summed E-state index contributed by atoms with van der Waals surface area (Å²) in [7, 11) is 0. The van der Waals surface area contributed by atoms with Crippen LogP contribution >= 0.6 is 0 Å². The van der Waals surface area contributed by atoms with Crippen molar-refractivity contribution in [3.63, 3.8) is 0 Å². The number of aryl methyl sites for hydroxylation is 1. The first-order valence-electron chi connectivity index (χ1n) is 10.1. The molecule has 0 fully saturated rings.